The average molecular weight is 158 g/mol. The van der Waals surface area contributed by atoms with Crippen LogP contribution in [0, 0.1) is 0 Å². The molecule has 4 rings (SSSR count). The molecule has 0 amide bonds. The Morgan fingerprint density at radius 1 is 0.778 bits per heavy atom. The smallest absolute Gasteiger partial charge is 0.0983 e. The third-order valence-electron chi connectivity index (χ3n) is 2.66. The summed E-state index contributed by atoms with van der Waals surface area (Å²) in [5.41, 5.74) is 0. The molecule has 3 saturated heterocycles. The molecule has 1 aliphatic carbocycles. The molecule has 0 bridgehead atoms. The largest absolute Gasteiger partial charge is 0.367 e. The first kappa shape index (κ1) is 4.52. The summed E-state index contributed by atoms with van der Waals surface area (Å²) < 4.78 is 5.54. The Morgan fingerprint density at radius 2 is 1.33 bits per heavy atom. The van der Waals surface area contributed by atoms with E-state index in [0.29, 0.717) is 12.2 Å². The molecule has 4 fully saturated rings. The number of fused-ring (bicyclic) bond motifs is 6. The van der Waals surface area contributed by atoms with Crippen molar-refractivity contribution in [2.24, 2.45) is 0 Å². The monoisotopic (exact) mass is 158 g/mol. The number of hydrogen-bond acceptors (Lipinski definition) is 3. The predicted octanol–water partition coefficient (Wildman–Crippen LogP) is 0.735. The van der Waals surface area contributed by atoms with Crippen LogP contribution in [-0.4, -0.2) is 33.2 Å². The van der Waals surface area contributed by atoms with E-state index in [9.17, 15) is 0 Å². The molecule has 4 aliphatic rings. The molecule has 0 spiro atoms. The molecule has 0 aromatic rings. The van der Waals surface area contributed by atoms with Crippen molar-refractivity contribution >= 4 is 23.5 Å². The van der Waals surface area contributed by atoms with Gasteiger partial charge in [0.1, 0.15) is 0 Å². The number of hydrogen-bond donors (Lipinski definition) is 0. The lowest BCUT2D eigenvalue weighted by atomic mass is 10.0. The number of epoxide rings is 1. The molecule has 6 atom stereocenters. The van der Waals surface area contributed by atoms with Crippen molar-refractivity contribution < 1.29 is 4.74 Å². The van der Waals surface area contributed by atoms with Gasteiger partial charge in [-0.05, 0) is 0 Å². The summed E-state index contributed by atoms with van der Waals surface area (Å²) in [7, 11) is 0. The summed E-state index contributed by atoms with van der Waals surface area (Å²) >= 11 is 4.31. The molecule has 0 aromatic heterocycles. The zero-order valence-corrected chi connectivity index (χ0v) is 6.32. The Bertz CT molecular complexity index is 132. The zero-order valence-electron chi connectivity index (χ0n) is 4.69. The first-order valence-electron chi connectivity index (χ1n) is 3.41. The topological polar surface area (TPSA) is 12.5 Å². The van der Waals surface area contributed by atoms with E-state index in [0.717, 1.165) is 21.0 Å². The lowest BCUT2D eigenvalue weighted by Gasteiger charge is -1.94. The van der Waals surface area contributed by atoms with Crippen molar-refractivity contribution in [3.05, 3.63) is 0 Å². The number of thioether (sulfide) groups is 2. The molecule has 3 heterocycles. The summed E-state index contributed by atoms with van der Waals surface area (Å²) in [4.78, 5) is 0. The normalized spacial score (nSPS) is 80.0. The molecular formula is C6H6OS2. The summed E-state index contributed by atoms with van der Waals surface area (Å²) in [5.74, 6) is 0. The van der Waals surface area contributed by atoms with E-state index in [1.165, 1.54) is 0 Å². The van der Waals surface area contributed by atoms with Gasteiger partial charge in [0.15, 0.2) is 0 Å². The van der Waals surface area contributed by atoms with Gasteiger partial charge in [0.25, 0.3) is 0 Å². The van der Waals surface area contributed by atoms with Crippen molar-refractivity contribution in [3.63, 3.8) is 0 Å². The van der Waals surface area contributed by atoms with Gasteiger partial charge < -0.3 is 4.74 Å². The Labute approximate surface area is 61.9 Å². The summed E-state index contributed by atoms with van der Waals surface area (Å²) in [6.07, 6.45) is 1.41. The third-order valence-corrected chi connectivity index (χ3v) is 5.75. The van der Waals surface area contributed by atoms with E-state index >= 15 is 0 Å². The van der Waals surface area contributed by atoms with Crippen LogP contribution >= 0.6 is 23.5 Å². The highest BCUT2D eigenvalue weighted by Crippen LogP contribution is 2.70. The van der Waals surface area contributed by atoms with E-state index in [-0.39, 0.29) is 0 Å². The van der Waals surface area contributed by atoms with Gasteiger partial charge >= 0.3 is 0 Å². The standard InChI is InChI=1S/C6H6OS2/c7-1-2(7)4-6(9-4)5-3(1)8-5/h1-6H/t1-,2+,3+,4-,5+,6-. The average Bonchev–Trinajstić information content (AvgIpc) is 2.64. The minimum atomic E-state index is 0.705. The second kappa shape index (κ2) is 1.08. The fourth-order valence-electron chi connectivity index (χ4n) is 1.99. The van der Waals surface area contributed by atoms with Gasteiger partial charge in [-0.3, -0.25) is 0 Å². The molecule has 9 heavy (non-hydrogen) atoms. The minimum absolute atomic E-state index is 0.705. The molecule has 0 radical (unpaired) electrons. The van der Waals surface area contributed by atoms with Gasteiger partial charge in [-0.25, -0.2) is 0 Å². The minimum Gasteiger partial charge on any atom is -0.367 e. The lowest BCUT2D eigenvalue weighted by Crippen LogP contribution is -2.20. The molecule has 3 aliphatic heterocycles. The molecular weight excluding hydrogens is 152 g/mol. The van der Waals surface area contributed by atoms with Crippen LogP contribution in [0.3, 0.4) is 0 Å². The van der Waals surface area contributed by atoms with Crippen molar-refractivity contribution in [2.45, 2.75) is 33.2 Å². The van der Waals surface area contributed by atoms with Gasteiger partial charge in [0.2, 0.25) is 0 Å². The van der Waals surface area contributed by atoms with Gasteiger partial charge in [-0.2, -0.15) is 0 Å². The quantitative estimate of drug-likeness (QED) is 0.482. The Hall–Kier alpha value is 0.660. The molecule has 1 saturated carbocycles. The van der Waals surface area contributed by atoms with E-state index < -0.39 is 0 Å². The maximum atomic E-state index is 5.54. The first-order valence-corrected chi connectivity index (χ1v) is 5.30. The summed E-state index contributed by atoms with van der Waals surface area (Å²) in [5, 5.41) is 3.91. The van der Waals surface area contributed by atoms with Gasteiger partial charge in [-0.15, -0.1) is 23.5 Å². The Kier molecular flexibility index (Phi) is 0.544. The Morgan fingerprint density at radius 3 is 1.89 bits per heavy atom. The molecule has 0 N–H and O–H groups in total. The van der Waals surface area contributed by atoms with Crippen LogP contribution in [0.15, 0.2) is 0 Å². The van der Waals surface area contributed by atoms with Crippen LogP contribution in [0.1, 0.15) is 0 Å². The fraction of sp³-hybridized carbons (Fsp3) is 1.00. The zero-order chi connectivity index (χ0) is 5.59. The van der Waals surface area contributed by atoms with Crippen LogP contribution < -0.4 is 0 Å². The predicted molar refractivity (Wildman–Crippen MR) is 39.0 cm³/mol. The highest BCUT2D eigenvalue weighted by Gasteiger charge is 2.74. The second-order valence-electron chi connectivity index (χ2n) is 3.20. The lowest BCUT2D eigenvalue weighted by molar-refractivity contribution is 0.382. The van der Waals surface area contributed by atoms with Gasteiger partial charge in [0.05, 0.1) is 12.2 Å². The van der Waals surface area contributed by atoms with Crippen molar-refractivity contribution in [1.29, 1.82) is 0 Å². The summed E-state index contributed by atoms with van der Waals surface area (Å²) in [6.45, 7) is 0. The van der Waals surface area contributed by atoms with Crippen molar-refractivity contribution in [1.82, 2.24) is 0 Å². The fourth-order valence-corrected chi connectivity index (χ4v) is 5.17. The van der Waals surface area contributed by atoms with Crippen LogP contribution in [0.2, 0.25) is 0 Å². The van der Waals surface area contributed by atoms with Crippen LogP contribution in [0.25, 0.3) is 0 Å². The number of rotatable bonds is 0. The molecule has 0 unspecified atom stereocenters. The highest BCUT2D eigenvalue weighted by atomic mass is 32.2. The highest BCUT2D eigenvalue weighted by molar-refractivity contribution is 8.13. The maximum absolute atomic E-state index is 5.54. The van der Waals surface area contributed by atoms with Crippen LogP contribution in [0.5, 0.6) is 0 Å². The van der Waals surface area contributed by atoms with Crippen molar-refractivity contribution in [2.75, 3.05) is 0 Å². The van der Waals surface area contributed by atoms with Crippen LogP contribution in [-0.2, 0) is 4.74 Å². The first-order chi connectivity index (χ1) is 4.45. The molecule has 3 heteroatoms. The van der Waals surface area contributed by atoms with E-state index in [1.54, 1.807) is 0 Å². The third kappa shape index (κ3) is 0.409. The van der Waals surface area contributed by atoms with Crippen LogP contribution in [0.4, 0.5) is 0 Å². The number of ether oxygens (including phenoxy) is 1. The van der Waals surface area contributed by atoms with E-state index in [4.69, 9.17) is 4.74 Å². The van der Waals surface area contributed by atoms with Crippen molar-refractivity contribution in [3.8, 4) is 0 Å². The summed E-state index contributed by atoms with van der Waals surface area (Å²) in [6, 6.07) is 0. The van der Waals surface area contributed by atoms with Gasteiger partial charge in [-0.1, -0.05) is 0 Å². The van der Waals surface area contributed by atoms with E-state index in [1.807, 2.05) is 0 Å². The maximum Gasteiger partial charge on any atom is 0.0983 e. The molecule has 1 nitrogen and oxygen atoms in total. The van der Waals surface area contributed by atoms with E-state index in [2.05, 4.69) is 23.5 Å². The SMILES string of the molecule is O1[C@@H]2[C@H]1[C@H]1S[C@H]1[C@H]1S[C@@H]21. The molecule has 0 aromatic carbocycles. The van der Waals surface area contributed by atoms with Gasteiger partial charge in [0, 0.05) is 21.0 Å². The second-order valence-corrected chi connectivity index (χ2v) is 5.92. The Balaban J connectivity index is 1.84. The molecule has 48 valence electrons.